The van der Waals surface area contributed by atoms with Crippen LogP contribution in [0, 0.1) is 0 Å². The van der Waals surface area contributed by atoms with Gasteiger partial charge in [0.15, 0.2) is 0 Å². The largest absolute Gasteiger partial charge is 0.371 e. The SMILES string of the molecule is [2H]C(=O)COC[C@H]1OC(Br)[C@H](OCC([2H])=O)[C@@H](OCC([2H])=O)[C@H]1OCC([2H])=O. The Morgan fingerprint density at radius 3 is 1.88 bits per heavy atom. The maximum atomic E-state index is 11.0. The molecule has 0 aliphatic carbocycles. The Hall–Kier alpha value is -1.04. The first-order chi connectivity index (χ1) is 13.1. The fourth-order valence-electron chi connectivity index (χ4n) is 2.17. The minimum absolute atomic E-state index is 0.262. The van der Waals surface area contributed by atoms with Crippen LogP contribution in [0.3, 0.4) is 0 Å². The number of carbonyl (C=O) groups excluding carboxylic acids is 4. The zero-order chi connectivity index (χ0) is 21.3. The molecule has 136 valence electrons. The molecule has 1 saturated heterocycles. The van der Waals surface area contributed by atoms with E-state index >= 15 is 0 Å². The zero-order valence-electron chi connectivity index (χ0n) is 16.5. The summed E-state index contributed by atoms with van der Waals surface area (Å²) in [6, 6.07) is 0. The van der Waals surface area contributed by atoms with E-state index in [1.165, 1.54) is 0 Å². The summed E-state index contributed by atoms with van der Waals surface area (Å²) in [5.74, 6) is 0. The minimum atomic E-state index is -1.15. The molecule has 0 bridgehead atoms. The fourth-order valence-corrected chi connectivity index (χ4v) is 2.90. The second-order valence-corrected chi connectivity index (χ2v) is 5.35. The topological polar surface area (TPSA) is 114 Å². The maximum Gasteiger partial charge on any atom is 0.145 e. The fraction of sp³-hybridized carbons (Fsp3) is 0.714. The van der Waals surface area contributed by atoms with E-state index in [9.17, 15) is 19.2 Å². The normalized spacial score (nSPS) is 32.1. The van der Waals surface area contributed by atoms with E-state index in [0.29, 0.717) is 0 Å². The molecule has 9 nitrogen and oxygen atoms in total. The van der Waals surface area contributed by atoms with Crippen LogP contribution in [0.1, 0.15) is 5.48 Å². The van der Waals surface area contributed by atoms with Gasteiger partial charge in [0.05, 0.1) is 6.61 Å². The molecule has 1 aliphatic rings. The van der Waals surface area contributed by atoms with E-state index in [2.05, 4.69) is 15.9 Å². The van der Waals surface area contributed by atoms with E-state index in [1.807, 2.05) is 0 Å². The van der Waals surface area contributed by atoms with Gasteiger partial charge in [-0.1, -0.05) is 15.9 Å². The third kappa shape index (κ3) is 6.46. The maximum absolute atomic E-state index is 11.0. The van der Waals surface area contributed by atoms with Gasteiger partial charge in [-0.15, -0.1) is 0 Å². The second kappa shape index (κ2) is 12.3. The van der Waals surface area contributed by atoms with Gasteiger partial charge in [-0.2, -0.15) is 0 Å². The van der Waals surface area contributed by atoms with Crippen molar-refractivity contribution < 1.29 is 48.3 Å². The van der Waals surface area contributed by atoms with Crippen molar-refractivity contribution in [2.24, 2.45) is 0 Å². The van der Waals surface area contributed by atoms with Crippen LogP contribution in [0.25, 0.3) is 0 Å². The quantitative estimate of drug-likeness (QED) is 0.278. The number of carbonyl (C=O) groups is 4. The molecule has 1 rings (SSSR count). The Balaban J connectivity index is 3.03. The molecule has 1 aliphatic heterocycles. The summed E-state index contributed by atoms with van der Waals surface area (Å²) in [6.07, 6.45) is -8.47. The minimum Gasteiger partial charge on any atom is -0.371 e. The lowest BCUT2D eigenvalue weighted by Gasteiger charge is -2.43. The first kappa shape index (κ1) is 15.2. The lowest BCUT2D eigenvalue weighted by atomic mass is 9.99. The Labute approximate surface area is 152 Å². The number of hydrogen-bond acceptors (Lipinski definition) is 9. The molecule has 0 aromatic carbocycles. The summed E-state index contributed by atoms with van der Waals surface area (Å²) in [4.78, 5) is 43.7. The van der Waals surface area contributed by atoms with Crippen molar-refractivity contribution in [2.75, 3.05) is 33.0 Å². The monoisotopic (exact) mass is 414 g/mol. The van der Waals surface area contributed by atoms with Crippen molar-refractivity contribution in [3.63, 3.8) is 0 Å². The molecule has 0 amide bonds. The van der Waals surface area contributed by atoms with E-state index in [4.69, 9.17) is 29.2 Å². The van der Waals surface area contributed by atoms with Gasteiger partial charge in [-0.25, -0.2) is 0 Å². The number of halogens is 1. The second-order valence-electron chi connectivity index (χ2n) is 4.45. The van der Waals surface area contributed by atoms with Gasteiger partial charge >= 0.3 is 0 Å². The molecule has 5 atom stereocenters. The van der Waals surface area contributed by atoms with E-state index in [1.54, 1.807) is 0 Å². The summed E-state index contributed by atoms with van der Waals surface area (Å²) in [5.41, 5.74) is 0. The van der Waals surface area contributed by atoms with Crippen molar-refractivity contribution in [3.8, 4) is 0 Å². The van der Waals surface area contributed by atoms with Crippen molar-refractivity contribution >= 4 is 41.0 Å². The van der Waals surface area contributed by atoms with Crippen LogP contribution in [-0.2, 0) is 42.9 Å². The van der Waals surface area contributed by atoms with Crippen molar-refractivity contribution in [2.45, 2.75) is 29.4 Å². The molecule has 1 heterocycles. The lowest BCUT2D eigenvalue weighted by Crippen LogP contribution is -2.60. The predicted molar refractivity (Wildman–Crippen MR) is 81.9 cm³/mol. The third-order valence-corrected chi connectivity index (χ3v) is 3.76. The standard InChI is InChI=1S/C14H19BrO9/c15-14-13(23-8-4-19)12(22-7-3-18)11(21-6-2-17)10(24-14)9-20-5-1-16/h1-4,10-14H,5-9H2/t10-,11+,12+,13-,14?/m1/s1/i1D,2D,3D,4D. The molecule has 1 fully saturated rings. The summed E-state index contributed by atoms with van der Waals surface area (Å²) in [7, 11) is 0. The van der Waals surface area contributed by atoms with Gasteiger partial charge in [0.2, 0.25) is 0 Å². The lowest BCUT2D eigenvalue weighted by molar-refractivity contribution is -0.240. The van der Waals surface area contributed by atoms with E-state index < -0.39 is 80.9 Å². The molecule has 0 spiro atoms. The molecule has 0 aromatic rings. The highest BCUT2D eigenvalue weighted by Crippen LogP contribution is 2.31. The number of alkyl halides is 1. The molecule has 0 saturated carbocycles. The predicted octanol–water partition coefficient (Wildman–Crippen LogP) is -0.926. The van der Waals surface area contributed by atoms with Gasteiger partial charge in [0.25, 0.3) is 0 Å². The van der Waals surface area contributed by atoms with Gasteiger partial charge < -0.3 is 42.9 Å². The Morgan fingerprint density at radius 2 is 1.33 bits per heavy atom. The van der Waals surface area contributed by atoms with Gasteiger partial charge in [0, 0.05) is 0 Å². The van der Waals surface area contributed by atoms with Crippen LogP contribution >= 0.6 is 15.9 Å². The summed E-state index contributed by atoms with van der Waals surface area (Å²) in [6.45, 7) is -2.73. The van der Waals surface area contributed by atoms with Gasteiger partial charge in [-0.05, 0) is 0 Å². The molecule has 0 aromatic heterocycles. The van der Waals surface area contributed by atoms with Crippen LogP contribution in [0.15, 0.2) is 0 Å². The average Bonchev–Trinajstić information content (AvgIpc) is 2.57. The first-order valence-electron chi connectivity index (χ1n) is 8.81. The molecule has 10 heteroatoms. The number of rotatable bonds is 13. The van der Waals surface area contributed by atoms with Crippen molar-refractivity contribution in [1.82, 2.24) is 0 Å². The Morgan fingerprint density at radius 1 is 0.833 bits per heavy atom. The zero-order valence-corrected chi connectivity index (χ0v) is 14.1. The highest BCUT2D eigenvalue weighted by Gasteiger charge is 2.47. The van der Waals surface area contributed by atoms with Crippen LogP contribution in [0.4, 0.5) is 0 Å². The van der Waals surface area contributed by atoms with Crippen molar-refractivity contribution in [1.29, 1.82) is 0 Å². The van der Waals surface area contributed by atoms with Gasteiger partial charge in [0.1, 0.15) is 86.4 Å². The summed E-state index contributed by atoms with van der Waals surface area (Å²) < 4.78 is 54.4. The highest BCUT2D eigenvalue weighted by atomic mass is 79.9. The summed E-state index contributed by atoms with van der Waals surface area (Å²) in [5, 5.41) is -0.926. The Bertz CT molecular complexity index is 579. The smallest absolute Gasteiger partial charge is 0.145 e. The van der Waals surface area contributed by atoms with Crippen molar-refractivity contribution in [3.05, 3.63) is 0 Å². The van der Waals surface area contributed by atoms with E-state index in [0.717, 1.165) is 0 Å². The number of aldehydes is 4. The van der Waals surface area contributed by atoms with Gasteiger partial charge in [-0.3, -0.25) is 0 Å². The molecule has 24 heavy (non-hydrogen) atoms. The average molecular weight is 415 g/mol. The molecular formula is C14H19BrO9. The molecule has 0 radical (unpaired) electrons. The van der Waals surface area contributed by atoms with Crippen LogP contribution in [0.5, 0.6) is 0 Å². The highest BCUT2D eigenvalue weighted by molar-refractivity contribution is 9.09. The van der Waals surface area contributed by atoms with E-state index in [-0.39, 0.29) is 6.61 Å². The first-order valence-corrected chi connectivity index (χ1v) is 7.73. The third-order valence-electron chi connectivity index (χ3n) is 3.02. The number of hydrogen-bond donors (Lipinski definition) is 0. The van der Waals surface area contributed by atoms with Crippen LogP contribution in [0.2, 0.25) is 0 Å². The van der Waals surface area contributed by atoms with Crippen LogP contribution in [-0.4, -0.2) is 87.5 Å². The Kier molecular flexibility index (Phi) is 7.83. The molecule has 1 unspecified atom stereocenters. The van der Waals surface area contributed by atoms with Crippen LogP contribution < -0.4 is 0 Å². The molecule has 0 N–H and O–H groups in total. The number of ether oxygens (including phenoxy) is 5. The molecular weight excluding hydrogens is 392 g/mol. The summed E-state index contributed by atoms with van der Waals surface area (Å²) >= 11 is 3.17.